The van der Waals surface area contributed by atoms with Crippen LogP contribution in [-0.2, 0) is 14.8 Å². The smallest absolute Gasteiger partial charge is 0.244 e. The molecule has 0 aliphatic heterocycles. The third-order valence-electron chi connectivity index (χ3n) is 4.78. The number of sulfonamides is 1. The van der Waals surface area contributed by atoms with Crippen molar-refractivity contribution in [1.82, 2.24) is 5.32 Å². The van der Waals surface area contributed by atoms with Crippen LogP contribution >= 0.6 is 23.2 Å². The van der Waals surface area contributed by atoms with Crippen LogP contribution < -0.4 is 14.4 Å². The first-order chi connectivity index (χ1) is 14.4. The van der Waals surface area contributed by atoms with Crippen LogP contribution in [0.2, 0.25) is 10.0 Å². The van der Waals surface area contributed by atoms with Crippen molar-refractivity contribution in [3.05, 3.63) is 58.1 Å². The number of carbonyl (C=O) groups excluding carboxylic acids is 1. The van der Waals surface area contributed by atoms with Crippen LogP contribution in [0.25, 0.3) is 0 Å². The lowest BCUT2D eigenvalue weighted by molar-refractivity contribution is -0.122. The number of hydrogen-bond donors (Lipinski definition) is 1. The molecule has 0 aromatic heterocycles. The summed E-state index contributed by atoms with van der Waals surface area (Å²) in [6.45, 7) is 5.63. The van der Waals surface area contributed by atoms with E-state index in [1.165, 1.54) is 19.1 Å². The fraction of sp³-hybridized carbons (Fsp3) is 0.409. The summed E-state index contributed by atoms with van der Waals surface area (Å²) in [7, 11) is -2.23. The molecule has 0 fully saturated rings. The molecular weight excluding hydrogens is 459 g/mol. The molecule has 9 heteroatoms. The van der Waals surface area contributed by atoms with Crippen LogP contribution in [0.5, 0.6) is 5.75 Å². The molecule has 0 aliphatic carbocycles. The number of amides is 1. The summed E-state index contributed by atoms with van der Waals surface area (Å²) in [5.41, 5.74) is 1.06. The Labute approximate surface area is 194 Å². The second-order valence-electron chi connectivity index (χ2n) is 7.79. The largest absolute Gasteiger partial charge is 0.497 e. The molecule has 0 heterocycles. The van der Waals surface area contributed by atoms with Crippen molar-refractivity contribution in [2.45, 2.75) is 39.3 Å². The number of halogens is 2. The van der Waals surface area contributed by atoms with E-state index in [4.69, 9.17) is 27.9 Å². The Morgan fingerprint density at radius 3 is 2.23 bits per heavy atom. The Morgan fingerprint density at radius 2 is 1.71 bits per heavy atom. The minimum absolute atomic E-state index is 0.157. The number of carbonyl (C=O) groups is 1. The first-order valence-electron chi connectivity index (χ1n) is 9.82. The van der Waals surface area contributed by atoms with E-state index in [2.05, 4.69) is 19.2 Å². The summed E-state index contributed by atoms with van der Waals surface area (Å²) in [5, 5.41) is 3.50. The van der Waals surface area contributed by atoms with Crippen molar-refractivity contribution in [3.8, 4) is 5.75 Å². The van der Waals surface area contributed by atoms with Gasteiger partial charge in [0, 0.05) is 5.02 Å². The molecule has 2 aromatic carbocycles. The van der Waals surface area contributed by atoms with Crippen LogP contribution in [0.3, 0.4) is 0 Å². The van der Waals surface area contributed by atoms with Crippen molar-refractivity contribution in [2.75, 3.05) is 17.7 Å². The number of nitrogens with one attached hydrogen (secondary N) is 1. The highest BCUT2D eigenvalue weighted by molar-refractivity contribution is 7.92. The van der Waals surface area contributed by atoms with E-state index in [1.807, 2.05) is 24.3 Å². The molecule has 0 unspecified atom stereocenters. The summed E-state index contributed by atoms with van der Waals surface area (Å²) < 4.78 is 31.4. The molecule has 0 radical (unpaired) electrons. The molecule has 1 amide bonds. The van der Waals surface area contributed by atoms with Gasteiger partial charge in [-0.2, -0.15) is 0 Å². The maximum absolute atomic E-state index is 13.2. The van der Waals surface area contributed by atoms with E-state index in [0.717, 1.165) is 16.1 Å². The highest BCUT2D eigenvalue weighted by atomic mass is 35.5. The van der Waals surface area contributed by atoms with Gasteiger partial charge < -0.3 is 10.1 Å². The van der Waals surface area contributed by atoms with Gasteiger partial charge in [-0.3, -0.25) is 9.10 Å². The number of hydrogen-bond acceptors (Lipinski definition) is 4. The van der Waals surface area contributed by atoms with Crippen LogP contribution in [0.1, 0.15) is 38.8 Å². The lowest BCUT2D eigenvalue weighted by Gasteiger charge is -2.31. The lowest BCUT2D eigenvalue weighted by Crippen LogP contribution is -2.49. The first-order valence-corrected chi connectivity index (χ1v) is 12.4. The number of anilines is 1. The fourth-order valence-electron chi connectivity index (χ4n) is 3.31. The molecule has 1 N–H and O–H groups in total. The number of benzene rings is 2. The summed E-state index contributed by atoms with van der Waals surface area (Å²) in [6, 6.07) is 10.6. The Balaban J connectivity index is 2.36. The quantitative estimate of drug-likeness (QED) is 0.537. The Kier molecular flexibility index (Phi) is 8.63. The standard InChI is InChI=1S/C22H28Cl2N2O4S/c1-14(2)12-20(16-6-9-18(30-4)10-7-16)25-22(27)15(3)26(31(5,28)29)21-13-17(23)8-11-19(21)24/h6-11,13-15,20H,12H2,1-5H3,(H,25,27)/t15-,20+/m0/s1. The molecular formula is C22H28Cl2N2O4S. The van der Waals surface area contributed by atoms with E-state index < -0.39 is 22.0 Å². The second kappa shape index (κ2) is 10.6. The van der Waals surface area contributed by atoms with E-state index in [9.17, 15) is 13.2 Å². The molecule has 31 heavy (non-hydrogen) atoms. The van der Waals surface area contributed by atoms with Gasteiger partial charge >= 0.3 is 0 Å². The zero-order valence-electron chi connectivity index (χ0n) is 18.2. The predicted molar refractivity (Wildman–Crippen MR) is 127 cm³/mol. The highest BCUT2D eigenvalue weighted by Gasteiger charge is 2.32. The third-order valence-corrected chi connectivity index (χ3v) is 6.56. The molecule has 0 saturated carbocycles. The van der Waals surface area contributed by atoms with Crippen molar-refractivity contribution in [2.24, 2.45) is 5.92 Å². The Bertz CT molecular complexity index is 1010. The van der Waals surface area contributed by atoms with Crippen molar-refractivity contribution in [1.29, 1.82) is 0 Å². The van der Waals surface area contributed by atoms with Gasteiger partial charge in [0.25, 0.3) is 0 Å². The van der Waals surface area contributed by atoms with Gasteiger partial charge in [-0.1, -0.05) is 49.2 Å². The topological polar surface area (TPSA) is 75.7 Å². The summed E-state index contributed by atoms with van der Waals surface area (Å²) in [4.78, 5) is 13.2. The number of ether oxygens (including phenoxy) is 1. The summed E-state index contributed by atoms with van der Waals surface area (Å²) in [5.74, 6) is 0.574. The molecule has 170 valence electrons. The van der Waals surface area contributed by atoms with E-state index in [0.29, 0.717) is 23.1 Å². The Hall–Kier alpha value is -1.96. The summed E-state index contributed by atoms with van der Waals surface area (Å²) in [6.07, 6.45) is 1.71. The predicted octanol–water partition coefficient (Wildman–Crippen LogP) is 5.06. The minimum atomic E-state index is -3.82. The number of nitrogens with zero attached hydrogens (tertiary/aromatic N) is 1. The van der Waals surface area contributed by atoms with Gasteiger partial charge in [-0.25, -0.2) is 8.42 Å². The van der Waals surface area contributed by atoms with Crippen LogP contribution in [-0.4, -0.2) is 33.7 Å². The molecule has 2 rings (SSSR count). The molecule has 0 bridgehead atoms. The molecule has 0 aliphatic rings. The van der Waals surface area contributed by atoms with E-state index >= 15 is 0 Å². The maximum atomic E-state index is 13.2. The third kappa shape index (κ3) is 6.76. The molecule has 2 aromatic rings. The zero-order valence-corrected chi connectivity index (χ0v) is 20.6. The van der Waals surface area contributed by atoms with Crippen LogP contribution in [0.15, 0.2) is 42.5 Å². The van der Waals surface area contributed by atoms with Gasteiger partial charge in [0.2, 0.25) is 15.9 Å². The fourth-order valence-corrected chi connectivity index (χ4v) is 4.92. The second-order valence-corrected chi connectivity index (χ2v) is 10.5. The maximum Gasteiger partial charge on any atom is 0.244 e. The first kappa shape index (κ1) is 25.3. The van der Waals surface area contributed by atoms with Crippen molar-refractivity contribution in [3.63, 3.8) is 0 Å². The highest BCUT2D eigenvalue weighted by Crippen LogP contribution is 2.32. The van der Waals surface area contributed by atoms with Gasteiger partial charge in [-0.05, 0) is 55.2 Å². The molecule has 0 saturated heterocycles. The van der Waals surface area contributed by atoms with E-state index in [-0.39, 0.29) is 16.8 Å². The SMILES string of the molecule is COc1ccc([C@@H](CC(C)C)NC(=O)[C@H](C)N(c2cc(Cl)ccc2Cl)S(C)(=O)=O)cc1. The minimum Gasteiger partial charge on any atom is -0.497 e. The van der Waals surface area contributed by atoms with Gasteiger partial charge in [0.15, 0.2) is 0 Å². The molecule has 0 spiro atoms. The van der Waals surface area contributed by atoms with Gasteiger partial charge in [-0.15, -0.1) is 0 Å². The normalized spacial score (nSPS) is 13.5. The van der Waals surface area contributed by atoms with Crippen LogP contribution in [0, 0.1) is 5.92 Å². The van der Waals surface area contributed by atoms with Crippen molar-refractivity contribution >= 4 is 44.8 Å². The van der Waals surface area contributed by atoms with E-state index in [1.54, 1.807) is 13.2 Å². The molecule has 6 nitrogen and oxygen atoms in total. The van der Waals surface area contributed by atoms with Gasteiger partial charge in [0.1, 0.15) is 11.8 Å². The van der Waals surface area contributed by atoms with Gasteiger partial charge in [0.05, 0.1) is 30.1 Å². The van der Waals surface area contributed by atoms with Crippen LogP contribution in [0.4, 0.5) is 5.69 Å². The number of methoxy groups -OCH3 is 1. The van der Waals surface area contributed by atoms with Crippen molar-refractivity contribution < 1.29 is 17.9 Å². The average molecular weight is 487 g/mol. The lowest BCUT2D eigenvalue weighted by atomic mass is 9.96. The molecule has 2 atom stereocenters. The monoisotopic (exact) mass is 486 g/mol. The summed E-state index contributed by atoms with van der Waals surface area (Å²) >= 11 is 12.3. The zero-order chi connectivity index (χ0) is 23.3. The average Bonchev–Trinajstić information content (AvgIpc) is 2.68. The Morgan fingerprint density at radius 1 is 1.10 bits per heavy atom. The number of rotatable bonds is 9.